The molecule has 0 saturated carbocycles. The van der Waals surface area contributed by atoms with E-state index in [0.29, 0.717) is 17.4 Å². The standard InChI is InChI=1S/C57H113N2O6P/c1-6-8-10-11-12-13-14-15-16-17-18-19-20-21-22-23-24-25-26-27-28-29-30-31-32-33-34-35-36-37-38-39-40-41-42-43-44-45-46-47-49-51-57(61)58-55(56(60)50-48-9-7-2)54-65-66(62,63)64-53-52-59(3,4)5/h17-18,48,50,55-56,60H,6-16,19-47,49,51-54H2,1-5H3,(H-,58,61,62,63)/p+1/b18-17-,50-48+. The number of aliphatic hydroxyl groups excluding tert-OH is 1. The zero-order chi connectivity index (χ0) is 48.5. The molecule has 3 N–H and O–H groups in total. The van der Waals surface area contributed by atoms with Gasteiger partial charge in [-0.05, 0) is 38.5 Å². The molecule has 0 aromatic carbocycles. The quantitative estimate of drug-likeness (QED) is 0.0243. The number of phosphoric ester groups is 1. The lowest BCUT2D eigenvalue weighted by molar-refractivity contribution is -0.870. The molecule has 0 fully saturated rings. The third-order valence-corrected chi connectivity index (χ3v) is 14.1. The van der Waals surface area contributed by atoms with Gasteiger partial charge in [0.25, 0.3) is 0 Å². The molecule has 3 unspecified atom stereocenters. The fraction of sp³-hybridized carbons (Fsp3) is 0.912. The number of nitrogens with one attached hydrogen (secondary N) is 1. The first kappa shape index (κ1) is 65.0. The molecule has 0 aliphatic rings. The van der Waals surface area contributed by atoms with E-state index >= 15 is 0 Å². The molecule has 66 heavy (non-hydrogen) atoms. The van der Waals surface area contributed by atoms with Crippen molar-refractivity contribution >= 4 is 13.7 Å². The van der Waals surface area contributed by atoms with Crippen LogP contribution in [-0.4, -0.2) is 73.4 Å². The van der Waals surface area contributed by atoms with E-state index in [1.807, 2.05) is 34.1 Å². The zero-order valence-corrected chi connectivity index (χ0v) is 45.6. The van der Waals surface area contributed by atoms with Gasteiger partial charge in [-0.25, -0.2) is 4.57 Å². The normalized spacial score (nSPS) is 14.1. The maximum atomic E-state index is 12.7. The van der Waals surface area contributed by atoms with Crippen LogP contribution in [-0.2, 0) is 18.4 Å². The van der Waals surface area contributed by atoms with Crippen molar-refractivity contribution in [1.82, 2.24) is 5.32 Å². The summed E-state index contributed by atoms with van der Waals surface area (Å²) < 4.78 is 23.3. The Labute approximate surface area is 411 Å². The number of rotatable bonds is 53. The van der Waals surface area contributed by atoms with Crippen molar-refractivity contribution in [2.24, 2.45) is 0 Å². The van der Waals surface area contributed by atoms with Gasteiger partial charge in [-0.2, -0.15) is 0 Å². The highest BCUT2D eigenvalue weighted by atomic mass is 31.2. The molecule has 0 heterocycles. The smallest absolute Gasteiger partial charge is 0.387 e. The summed E-state index contributed by atoms with van der Waals surface area (Å²) in [6.45, 7) is 4.62. The summed E-state index contributed by atoms with van der Waals surface area (Å²) >= 11 is 0. The van der Waals surface area contributed by atoms with Crippen molar-refractivity contribution in [2.75, 3.05) is 40.9 Å². The van der Waals surface area contributed by atoms with Crippen LogP contribution in [0.15, 0.2) is 24.3 Å². The summed E-state index contributed by atoms with van der Waals surface area (Å²) in [5.74, 6) is -0.184. The van der Waals surface area contributed by atoms with Crippen molar-refractivity contribution in [3.05, 3.63) is 24.3 Å². The van der Waals surface area contributed by atoms with Crippen LogP contribution in [0.3, 0.4) is 0 Å². The lowest BCUT2D eigenvalue weighted by Gasteiger charge is -2.25. The minimum atomic E-state index is -4.31. The molecule has 0 bridgehead atoms. The molecule has 0 aliphatic heterocycles. The molecule has 0 aromatic heterocycles. The average Bonchev–Trinajstić information content (AvgIpc) is 3.27. The van der Waals surface area contributed by atoms with Crippen LogP contribution in [0.25, 0.3) is 0 Å². The van der Waals surface area contributed by atoms with E-state index in [1.54, 1.807) is 6.08 Å². The van der Waals surface area contributed by atoms with Crippen LogP contribution in [0, 0.1) is 0 Å². The van der Waals surface area contributed by atoms with Gasteiger partial charge in [-0.3, -0.25) is 13.8 Å². The lowest BCUT2D eigenvalue weighted by Crippen LogP contribution is -2.45. The molecular formula is C57H114N2O6P+. The summed E-state index contributed by atoms with van der Waals surface area (Å²) in [6, 6.07) is -0.838. The Balaban J connectivity index is 3.54. The Bertz CT molecular complexity index is 1130. The predicted octanol–water partition coefficient (Wildman–Crippen LogP) is 17.2. The fourth-order valence-corrected chi connectivity index (χ4v) is 9.37. The number of allylic oxidation sites excluding steroid dienone is 3. The number of hydrogen-bond acceptors (Lipinski definition) is 5. The number of quaternary nitrogens is 1. The number of amides is 1. The van der Waals surface area contributed by atoms with E-state index in [9.17, 15) is 19.4 Å². The minimum Gasteiger partial charge on any atom is -0.387 e. The van der Waals surface area contributed by atoms with E-state index in [0.717, 1.165) is 32.1 Å². The van der Waals surface area contributed by atoms with Crippen molar-refractivity contribution in [1.29, 1.82) is 0 Å². The first-order valence-electron chi connectivity index (χ1n) is 28.7. The summed E-state index contributed by atoms with van der Waals surface area (Å²) in [4.78, 5) is 22.9. The van der Waals surface area contributed by atoms with Crippen LogP contribution in [0.2, 0.25) is 0 Å². The van der Waals surface area contributed by atoms with E-state index in [-0.39, 0.29) is 19.1 Å². The highest BCUT2D eigenvalue weighted by molar-refractivity contribution is 7.47. The number of phosphoric acid groups is 1. The topological polar surface area (TPSA) is 105 Å². The van der Waals surface area contributed by atoms with Gasteiger partial charge >= 0.3 is 7.82 Å². The molecule has 0 aromatic rings. The molecule has 1 amide bonds. The molecule has 0 aliphatic carbocycles. The van der Waals surface area contributed by atoms with Gasteiger partial charge in [0.1, 0.15) is 13.2 Å². The van der Waals surface area contributed by atoms with Gasteiger partial charge in [0.15, 0.2) is 0 Å². The molecule has 0 rings (SSSR count). The first-order chi connectivity index (χ1) is 32.0. The maximum absolute atomic E-state index is 12.7. The largest absolute Gasteiger partial charge is 0.472 e. The number of unbranched alkanes of at least 4 members (excludes halogenated alkanes) is 38. The fourth-order valence-electron chi connectivity index (χ4n) is 8.64. The zero-order valence-electron chi connectivity index (χ0n) is 44.7. The Hall–Kier alpha value is -1.02. The van der Waals surface area contributed by atoms with Gasteiger partial charge < -0.3 is 19.8 Å². The summed E-state index contributed by atoms with van der Waals surface area (Å²) in [7, 11) is 1.57. The van der Waals surface area contributed by atoms with Crippen molar-refractivity contribution in [2.45, 2.75) is 296 Å². The molecule has 0 saturated heterocycles. The maximum Gasteiger partial charge on any atom is 0.472 e. The number of carbonyl (C=O) groups excluding carboxylic acids is 1. The molecule has 0 radical (unpaired) electrons. The molecule has 392 valence electrons. The summed E-state index contributed by atoms with van der Waals surface area (Å²) in [5.41, 5.74) is 0. The van der Waals surface area contributed by atoms with Crippen molar-refractivity contribution in [3.63, 3.8) is 0 Å². The molecule has 3 atom stereocenters. The van der Waals surface area contributed by atoms with Crippen LogP contribution in [0.1, 0.15) is 284 Å². The third kappa shape index (κ3) is 50.8. The van der Waals surface area contributed by atoms with Gasteiger partial charge in [-0.15, -0.1) is 0 Å². The minimum absolute atomic E-state index is 0.0620. The monoisotopic (exact) mass is 954 g/mol. The second kappa shape index (κ2) is 49.0. The molecular weight excluding hydrogens is 840 g/mol. The lowest BCUT2D eigenvalue weighted by atomic mass is 10.0. The summed E-state index contributed by atoms with van der Waals surface area (Å²) in [6.07, 6.45) is 62.8. The Morgan fingerprint density at radius 3 is 1.20 bits per heavy atom. The number of aliphatic hydroxyl groups is 1. The van der Waals surface area contributed by atoms with Gasteiger partial charge in [0.2, 0.25) is 5.91 Å². The SMILES string of the molecule is CCC/C=C/C(O)C(COP(=O)(O)OCC[N+](C)(C)C)NC(=O)CCCCCCCCCCCCCCCCCCCCCCCCCCCCCCC/C=C\CCCCCCCCCC. The first-order valence-corrected chi connectivity index (χ1v) is 30.2. The van der Waals surface area contributed by atoms with E-state index < -0.39 is 20.0 Å². The van der Waals surface area contributed by atoms with Gasteiger partial charge in [0, 0.05) is 6.42 Å². The Morgan fingerprint density at radius 1 is 0.500 bits per heavy atom. The van der Waals surface area contributed by atoms with E-state index in [4.69, 9.17) is 9.05 Å². The van der Waals surface area contributed by atoms with Crippen LogP contribution in [0.5, 0.6) is 0 Å². The van der Waals surface area contributed by atoms with Crippen LogP contribution < -0.4 is 5.32 Å². The number of hydrogen-bond donors (Lipinski definition) is 3. The highest BCUT2D eigenvalue weighted by Gasteiger charge is 2.27. The van der Waals surface area contributed by atoms with Gasteiger partial charge in [-0.1, -0.05) is 263 Å². The second-order valence-corrected chi connectivity index (χ2v) is 22.5. The second-order valence-electron chi connectivity index (χ2n) is 21.0. The van der Waals surface area contributed by atoms with E-state index in [2.05, 4.69) is 24.4 Å². The number of carbonyl (C=O) groups is 1. The van der Waals surface area contributed by atoms with Crippen molar-refractivity contribution in [3.8, 4) is 0 Å². The number of likely N-dealkylation sites (N-methyl/N-ethyl adjacent to an activating group) is 1. The third-order valence-electron chi connectivity index (χ3n) is 13.1. The van der Waals surface area contributed by atoms with Crippen LogP contribution in [0.4, 0.5) is 0 Å². The molecule has 9 heteroatoms. The van der Waals surface area contributed by atoms with Crippen LogP contribution >= 0.6 is 7.82 Å². The highest BCUT2D eigenvalue weighted by Crippen LogP contribution is 2.43. The summed E-state index contributed by atoms with van der Waals surface area (Å²) in [5, 5.41) is 13.5. The molecule has 0 spiro atoms. The predicted molar refractivity (Wildman–Crippen MR) is 286 cm³/mol. The molecule has 8 nitrogen and oxygen atoms in total. The average molecular weight is 955 g/mol. The van der Waals surface area contributed by atoms with Gasteiger partial charge in [0.05, 0.1) is 39.9 Å². The Kier molecular flexibility index (Phi) is 48.2. The van der Waals surface area contributed by atoms with E-state index in [1.165, 1.54) is 231 Å². The Morgan fingerprint density at radius 2 is 0.848 bits per heavy atom. The number of nitrogens with zero attached hydrogens (tertiary/aromatic N) is 1. The van der Waals surface area contributed by atoms with Crippen molar-refractivity contribution < 1.29 is 32.9 Å².